The first kappa shape index (κ1) is 22.9. The molecule has 0 aliphatic heterocycles. The molecule has 0 aromatic heterocycles. The number of Topliss-reactive ketones (excluding diaryl/α,β-unsaturated/α-hetero) is 4. The van der Waals surface area contributed by atoms with Gasteiger partial charge in [-0.25, -0.2) is 0 Å². The van der Waals surface area contributed by atoms with Gasteiger partial charge in [0.1, 0.15) is 29.2 Å². The molecule has 0 heterocycles. The summed E-state index contributed by atoms with van der Waals surface area (Å²) in [5.74, 6) is -9.11. The molecular weight excluding hydrogens is 440 g/mol. The summed E-state index contributed by atoms with van der Waals surface area (Å²) in [7, 11) is 1.15. The van der Waals surface area contributed by atoms with Gasteiger partial charge in [-0.15, -0.1) is 0 Å². The van der Waals surface area contributed by atoms with E-state index >= 15 is 0 Å². The van der Waals surface area contributed by atoms with Gasteiger partial charge >= 0.3 is 0 Å². The second kappa shape index (κ2) is 6.87. The highest BCUT2D eigenvalue weighted by molar-refractivity contribution is 6.30. The van der Waals surface area contributed by atoms with Crippen LogP contribution in [-0.2, 0) is 20.7 Å². The van der Waals surface area contributed by atoms with Crippen molar-refractivity contribution in [2.75, 3.05) is 7.11 Å². The van der Waals surface area contributed by atoms with Crippen molar-refractivity contribution in [1.29, 1.82) is 0 Å². The molecule has 1 aromatic carbocycles. The lowest BCUT2D eigenvalue weighted by atomic mass is 9.55. The summed E-state index contributed by atoms with van der Waals surface area (Å²) in [5, 5.41) is 54.2. The van der Waals surface area contributed by atoms with Gasteiger partial charge in [0.25, 0.3) is 0 Å². The fraction of sp³-hybridized carbons (Fsp3) is 0.409. The predicted molar refractivity (Wildman–Crippen MR) is 106 cm³/mol. The minimum absolute atomic E-state index is 0.0366. The van der Waals surface area contributed by atoms with Crippen LogP contribution >= 0.6 is 0 Å². The molecule has 1 fully saturated rings. The van der Waals surface area contributed by atoms with Gasteiger partial charge in [0.15, 0.2) is 17.3 Å². The molecular formula is C22H20O11. The number of carbonyl (C=O) groups is 5. The van der Waals surface area contributed by atoms with Crippen LogP contribution in [0.2, 0.25) is 0 Å². The second-order valence-corrected chi connectivity index (χ2v) is 8.51. The first-order valence-electron chi connectivity index (χ1n) is 9.89. The number of hydrogen-bond donors (Lipinski definition) is 5. The van der Waals surface area contributed by atoms with Crippen molar-refractivity contribution in [2.45, 2.75) is 43.7 Å². The number of rotatable bonds is 2. The lowest BCUT2D eigenvalue weighted by Crippen LogP contribution is -2.80. The Labute approximate surface area is 185 Å². The van der Waals surface area contributed by atoms with Gasteiger partial charge in [-0.2, -0.15) is 0 Å². The molecule has 5 atom stereocenters. The average molecular weight is 460 g/mol. The number of phenols is 1. The van der Waals surface area contributed by atoms with Crippen LogP contribution in [0.1, 0.15) is 49.1 Å². The molecule has 174 valence electrons. The molecule has 0 amide bonds. The average Bonchev–Trinajstić information content (AvgIpc) is 2.74. The molecule has 0 radical (unpaired) electrons. The number of aliphatic hydroxyl groups excluding tert-OH is 2. The van der Waals surface area contributed by atoms with Crippen LogP contribution in [0.15, 0.2) is 11.8 Å². The number of ether oxygens (including phenoxy) is 1. The molecule has 11 nitrogen and oxygen atoms in total. The lowest BCUT2D eigenvalue weighted by Gasteiger charge is -2.53. The minimum Gasteiger partial charge on any atom is -0.506 e. The van der Waals surface area contributed by atoms with Crippen molar-refractivity contribution < 1.29 is 54.2 Å². The Kier molecular flexibility index (Phi) is 4.78. The van der Waals surface area contributed by atoms with Gasteiger partial charge in [0.05, 0.1) is 24.3 Å². The van der Waals surface area contributed by atoms with Crippen LogP contribution in [0.3, 0.4) is 0 Å². The normalized spacial score (nSPS) is 33.2. The Morgan fingerprint density at radius 1 is 1.09 bits per heavy atom. The SMILES string of the molecule is COC1=CC(=O)c2c(O)c3c(c(C)c2C1=O)C[C@@]1(O)C(O)C(O)C(C(C)=O)C(=O)[C@]1(O)C3=O. The number of methoxy groups -OCH3 is 1. The smallest absolute Gasteiger partial charge is 0.228 e. The molecule has 1 saturated carbocycles. The van der Waals surface area contributed by atoms with Crippen molar-refractivity contribution in [1.82, 2.24) is 0 Å². The first-order valence-corrected chi connectivity index (χ1v) is 9.89. The zero-order valence-corrected chi connectivity index (χ0v) is 17.7. The van der Waals surface area contributed by atoms with Gasteiger partial charge in [0, 0.05) is 18.1 Å². The van der Waals surface area contributed by atoms with E-state index in [1.54, 1.807) is 0 Å². The fourth-order valence-electron chi connectivity index (χ4n) is 5.12. The molecule has 0 bridgehead atoms. The molecule has 3 aliphatic rings. The maximum atomic E-state index is 13.4. The van der Waals surface area contributed by atoms with E-state index in [9.17, 15) is 49.5 Å². The summed E-state index contributed by atoms with van der Waals surface area (Å²) in [4.78, 5) is 63.9. The maximum absolute atomic E-state index is 13.4. The summed E-state index contributed by atoms with van der Waals surface area (Å²) in [5.41, 5.74) is -8.22. The number of phenolic OH excluding ortho intramolecular Hbond substituents is 1. The largest absolute Gasteiger partial charge is 0.506 e. The van der Waals surface area contributed by atoms with Crippen LogP contribution in [0, 0.1) is 12.8 Å². The van der Waals surface area contributed by atoms with Crippen molar-refractivity contribution in [3.63, 3.8) is 0 Å². The van der Waals surface area contributed by atoms with E-state index in [2.05, 4.69) is 0 Å². The fourth-order valence-corrected chi connectivity index (χ4v) is 5.12. The quantitative estimate of drug-likeness (QED) is 0.316. The summed E-state index contributed by atoms with van der Waals surface area (Å²) in [6.07, 6.45) is -4.51. The Hall–Kier alpha value is -3.25. The Morgan fingerprint density at radius 2 is 1.70 bits per heavy atom. The van der Waals surface area contributed by atoms with Crippen molar-refractivity contribution >= 4 is 28.9 Å². The van der Waals surface area contributed by atoms with Gasteiger partial charge in [-0.05, 0) is 25.0 Å². The van der Waals surface area contributed by atoms with Crippen LogP contribution in [0.25, 0.3) is 0 Å². The highest BCUT2D eigenvalue weighted by atomic mass is 16.5. The van der Waals surface area contributed by atoms with Crippen molar-refractivity contribution in [3.8, 4) is 5.75 Å². The number of aliphatic hydroxyl groups is 4. The van der Waals surface area contributed by atoms with Gasteiger partial charge in [-0.3, -0.25) is 24.0 Å². The third-order valence-corrected chi connectivity index (χ3v) is 6.89. The topological polar surface area (TPSA) is 196 Å². The van der Waals surface area contributed by atoms with Crippen LogP contribution in [0.4, 0.5) is 0 Å². The van der Waals surface area contributed by atoms with E-state index in [0.29, 0.717) is 0 Å². The Balaban J connectivity index is 2.05. The van der Waals surface area contributed by atoms with Crippen LogP contribution < -0.4 is 0 Å². The van der Waals surface area contributed by atoms with E-state index in [0.717, 1.165) is 20.1 Å². The summed E-state index contributed by atoms with van der Waals surface area (Å²) in [6.45, 7) is 2.21. The van der Waals surface area contributed by atoms with Crippen molar-refractivity contribution in [2.24, 2.45) is 5.92 Å². The molecule has 0 saturated heterocycles. The molecule has 33 heavy (non-hydrogen) atoms. The highest BCUT2D eigenvalue weighted by Crippen LogP contribution is 2.50. The Bertz CT molecular complexity index is 1230. The summed E-state index contributed by atoms with van der Waals surface area (Å²) >= 11 is 0. The third kappa shape index (κ3) is 2.50. The number of hydrogen-bond acceptors (Lipinski definition) is 11. The molecule has 3 unspecified atom stereocenters. The molecule has 11 heteroatoms. The van der Waals surface area contributed by atoms with E-state index in [-0.39, 0.29) is 22.4 Å². The molecule has 3 aliphatic carbocycles. The van der Waals surface area contributed by atoms with E-state index < -0.39 is 81.5 Å². The van der Waals surface area contributed by atoms with Crippen LogP contribution in [-0.4, -0.2) is 85.0 Å². The number of ketones is 5. The van der Waals surface area contributed by atoms with E-state index in [1.165, 1.54) is 6.92 Å². The molecule has 5 N–H and O–H groups in total. The highest BCUT2D eigenvalue weighted by Gasteiger charge is 2.73. The second-order valence-electron chi connectivity index (χ2n) is 8.51. The zero-order chi connectivity index (χ0) is 24.8. The first-order chi connectivity index (χ1) is 15.2. The van der Waals surface area contributed by atoms with E-state index in [4.69, 9.17) is 4.74 Å². The number of allylic oxidation sites excluding steroid dienone is 2. The molecule has 0 spiro atoms. The van der Waals surface area contributed by atoms with E-state index in [1.807, 2.05) is 0 Å². The van der Waals surface area contributed by atoms with Gasteiger partial charge in [-0.1, -0.05) is 0 Å². The van der Waals surface area contributed by atoms with Crippen LogP contribution in [0.5, 0.6) is 5.75 Å². The summed E-state index contributed by atoms with van der Waals surface area (Å²) in [6, 6.07) is 0. The lowest BCUT2D eigenvalue weighted by molar-refractivity contribution is -0.232. The number of benzene rings is 1. The molecule has 4 rings (SSSR count). The molecule has 1 aromatic rings. The Morgan fingerprint density at radius 3 is 2.24 bits per heavy atom. The number of fused-ring (bicyclic) bond motifs is 3. The monoisotopic (exact) mass is 460 g/mol. The maximum Gasteiger partial charge on any atom is 0.228 e. The number of carbonyl (C=O) groups excluding carboxylic acids is 5. The zero-order valence-electron chi connectivity index (χ0n) is 17.7. The van der Waals surface area contributed by atoms with Gasteiger partial charge < -0.3 is 30.3 Å². The van der Waals surface area contributed by atoms with Crippen molar-refractivity contribution in [3.05, 3.63) is 39.7 Å². The standard InChI is InChI=1S/C22H20O11/c1-6-8-5-21(31)20(30)17(27)12(7(2)23)18(28)22(21,32)19(29)13(8)16(26)14-9(24)4-10(33-3)15(25)11(6)14/h4,12,17,20,26-27,30-32H,5H2,1-3H3/t12?,17?,20?,21-,22+/m1/s1. The number of aromatic hydroxyl groups is 1. The predicted octanol–water partition coefficient (Wildman–Crippen LogP) is -1.68. The summed E-state index contributed by atoms with van der Waals surface area (Å²) < 4.78 is 4.89. The third-order valence-electron chi connectivity index (χ3n) is 6.89. The van der Waals surface area contributed by atoms with Gasteiger partial charge in [0.2, 0.25) is 17.2 Å². The minimum atomic E-state index is -3.41.